The zero-order chi connectivity index (χ0) is 72.7. The van der Waals surface area contributed by atoms with E-state index in [1.165, 1.54) is 24.3 Å². The van der Waals surface area contributed by atoms with Crippen molar-refractivity contribution in [1.29, 1.82) is 0 Å². The molecule has 11 rings (SSSR count). The van der Waals surface area contributed by atoms with Gasteiger partial charge in [0.15, 0.2) is 11.6 Å². The molecule has 7 aromatic rings. The Morgan fingerprint density at radius 1 is 0.564 bits per heavy atom. The molecule has 0 saturated carbocycles. The lowest BCUT2D eigenvalue weighted by Gasteiger charge is -2.40. The van der Waals surface area contributed by atoms with E-state index in [1.54, 1.807) is 19.2 Å². The number of carbonyl (C=O) groups excluding carboxylic acids is 4. The maximum Gasteiger partial charge on any atom is 0.417 e. The van der Waals surface area contributed by atoms with Crippen LogP contribution >= 0.6 is 0 Å². The highest BCUT2D eigenvalue weighted by molar-refractivity contribution is 5.92. The van der Waals surface area contributed by atoms with Crippen LogP contribution in [-0.4, -0.2) is 88.3 Å². The van der Waals surface area contributed by atoms with Crippen molar-refractivity contribution in [3.05, 3.63) is 184 Å². The molecule has 4 heterocycles. The van der Waals surface area contributed by atoms with Gasteiger partial charge in [0.1, 0.15) is 28.6 Å². The van der Waals surface area contributed by atoms with Gasteiger partial charge in [-0.05, 0) is 225 Å². The number of halogens is 2. The Hall–Kier alpha value is -8.94. The molecule has 2 fully saturated rings. The van der Waals surface area contributed by atoms with Gasteiger partial charge in [0.05, 0.1) is 60.0 Å². The maximum atomic E-state index is 14.3. The summed E-state index contributed by atoms with van der Waals surface area (Å²) in [4.78, 5) is 60.9. The molecule has 4 aliphatic rings. The summed E-state index contributed by atoms with van der Waals surface area (Å²) in [5.74, 6) is -2.45. The number of ether oxygens (including phenoxy) is 7. The number of benzene rings is 5. The number of esters is 2. The third kappa shape index (κ3) is 19.8. The number of para-hydroxylation sites is 1. The van der Waals surface area contributed by atoms with Gasteiger partial charge in [-0.2, -0.15) is 0 Å². The van der Waals surface area contributed by atoms with Crippen LogP contribution in [0.4, 0.5) is 29.7 Å². The van der Waals surface area contributed by atoms with Crippen LogP contribution in [0.15, 0.2) is 127 Å². The fourth-order valence-electron chi connectivity index (χ4n) is 13.7. The first-order chi connectivity index (χ1) is 47.8. The molecule has 2 saturated heterocycles. The normalized spacial score (nSPS) is 18.6. The highest BCUT2D eigenvalue weighted by Gasteiger charge is 2.39. The molecular formula is C83H97F2N5O11. The van der Waals surface area contributed by atoms with Gasteiger partial charge in [0, 0.05) is 53.5 Å². The minimum absolute atomic E-state index is 0.0477. The molecule has 0 spiro atoms. The van der Waals surface area contributed by atoms with E-state index in [0.29, 0.717) is 24.3 Å². The first-order valence-corrected chi connectivity index (χ1v) is 35.2. The number of carbonyl (C=O) groups is 4. The van der Waals surface area contributed by atoms with Crippen molar-refractivity contribution in [2.45, 2.75) is 220 Å². The fraction of sp³-hybridized carbons (Fsp3) is 0.422. The number of urea groups is 1. The smallest absolute Gasteiger partial charge is 0.417 e. The lowest BCUT2D eigenvalue weighted by molar-refractivity contribution is -0.291. The zero-order valence-corrected chi connectivity index (χ0v) is 61.0. The van der Waals surface area contributed by atoms with Gasteiger partial charge in [-0.15, -0.1) is 0 Å². The van der Waals surface area contributed by atoms with E-state index in [0.717, 1.165) is 134 Å². The number of aryl methyl sites for hydroxylation is 2. The second-order valence-electron chi connectivity index (χ2n) is 29.9. The SMILES string of the molecule is CC(C)c1nc2c(c(-c3ccc(F)cc3)c1/C=C/[C@@H]1C[C@H](CC(=O)OC(C)(C)C)OC(C)(C)O1)CCCc1cc(NC(=O)Oc3ccccc3)ccc1-2.CNC(=O)Nc1ccc2c(c1)CCCc1c-2nc(C(C)C)c(/C=C/[C@@H]2C[C@H](CC(=O)OC(C)(C)C)OC(C)(C)O2)c1-c1ccc(F)cc1. The van der Waals surface area contributed by atoms with E-state index in [4.69, 9.17) is 43.1 Å². The van der Waals surface area contributed by atoms with Gasteiger partial charge in [-0.1, -0.05) is 107 Å². The van der Waals surface area contributed by atoms with Crippen molar-refractivity contribution in [3.63, 3.8) is 0 Å². The molecular weight excluding hydrogens is 1280 g/mol. The van der Waals surface area contributed by atoms with Gasteiger partial charge >= 0.3 is 24.1 Å². The van der Waals surface area contributed by atoms with E-state index in [2.05, 4.69) is 55.8 Å². The van der Waals surface area contributed by atoms with Crippen LogP contribution in [0.5, 0.6) is 5.75 Å². The van der Waals surface area contributed by atoms with Crippen LogP contribution in [-0.2, 0) is 63.7 Å². The number of hydrogen-bond acceptors (Lipinski definition) is 13. The number of aromatic nitrogens is 2. The summed E-state index contributed by atoms with van der Waals surface area (Å²) < 4.78 is 70.1. The molecule has 2 aliphatic carbocycles. The number of anilines is 2. The van der Waals surface area contributed by atoms with Crippen LogP contribution < -0.4 is 20.7 Å². The molecule has 4 atom stereocenters. The van der Waals surface area contributed by atoms with E-state index in [9.17, 15) is 28.0 Å². The summed E-state index contributed by atoms with van der Waals surface area (Å²) in [6.45, 7) is 27.0. The lowest BCUT2D eigenvalue weighted by atomic mass is 9.86. The van der Waals surface area contributed by atoms with Gasteiger partial charge in [0.2, 0.25) is 0 Å². The van der Waals surface area contributed by atoms with Crippen molar-refractivity contribution < 1.29 is 61.1 Å². The molecule has 5 aromatic carbocycles. The largest absolute Gasteiger partial charge is 0.460 e. The van der Waals surface area contributed by atoms with Gasteiger partial charge < -0.3 is 43.8 Å². The van der Waals surface area contributed by atoms with Crippen molar-refractivity contribution in [2.24, 2.45) is 0 Å². The molecule has 0 unspecified atom stereocenters. The molecule has 2 aliphatic heterocycles. The highest BCUT2D eigenvalue weighted by Crippen LogP contribution is 2.46. The van der Waals surface area contributed by atoms with E-state index < -0.39 is 28.9 Å². The Balaban J connectivity index is 0.000000219. The van der Waals surface area contributed by atoms with E-state index in [1.807, 2.05) is 160 Å². The van der Waals surface area contributed by atoms with Crippen LogP contribution in [0.25, 0.3) is 56.9 Å². The van der Waals surface area contributed by atoms with Crippen molar-refractivity contribution in [3.8, 4) is 50.5 Å². The zero-order valence-electron chi connectivity index (χ0n) is 61.0. The molecule has 534 valence electrons. The van der Waals surface area contributed by atoms with E-state index >= 15 is 0 Å². The molecule has 3 N–H and O–H groups in total. The second-order valence-corrected chi connectivity index (χ2v) is 29.9. The van der Waals surface area contributed by atoms with Crippen molar-refractivity contribution in [2.75, 3.05) is 17.7 Å². The minimum Gasteiger partial charge on any atom is -0.460 e. The molecule has 18 heteroatoms. The first kappa shape index (κ1) is 74.7. The third-order valence-electron chi connectivity index (χ3n) is 17.6. The Labute approximate surface area is 593 Å². The standard InChI is InChI=1S/C44H49FN2O6.C39H48FN3O5/c1-27(2)40-37(23-21-33-25-34(52-44(6,7)51-33)26-38(48)53-43(3,4)5)39(28-16-18-30(45)19-17-28)36-15-11-12-29-24-31(20-22-35(29)41(36)47-40)46-42(49)50-32-13-9-8-10-14-32;1-23(2)35-32(19-17-28-21-29(47-39(6,7)46-28)22-33(44)48-38(3,4)5)34(24-12-14-26(40)15-13-24)31-11-9-10-25-20-27(42-37(45)41-8)16-18-30(25)36(31)43-35/h8-10,13-14,16-24,27,33-34H,11-12,15,25-26H2,1-7H3,(H,46,49);12-20,23,28-29H,9-11,21-22H2,1-8H3,(H2,41,42,45)/b23-21+;19-17+/t33-,34-;28-,29-/m11/s1. The number of amides is 3. The number of hydrogen-bond donors (Lipinski definition) is 3. The quantitative estimate of drug-likeness (QED) is 0.0822. The minimum atomic E-state index is -0.914. The number of rotatable bonds is 15. The van der Waals surface area contributed by atoms with Gasteiger partial charge in [-0.25, -0.2) is 18.4 Å². The number of pyridine rings is 2. The molecule has 2 aromatic heterocycles. The van der Waals surface area contributed by atoms with Crippen molar-refractivity contribution >= 4 is 47.6 Å². The topological polar surface area (TPSA) is 195 Å². The van der Waals surface area contributed by atoms with Crippen LogP contribution in [0.1, 0.15) is 192 Å². The van der Waals surface area contributed by atoms with Gasteiger partial charge in [0.25, 0.3) is 0 Å². The summed E-state index contributed by atoms with van der Waals surface area (Å²) in [5.41, 5.74) is 16.0. The summed E-state index contributed by atoms with van der Waals surface area (Å²) in [6.07, 6.45) is 12.3. The summed E-state index contributed by atoms with van der Waals surface area (Å²) >= 11 is 0. The molecule has 0 radical (unpaired) electrons. The van der Waals surface area contributed by atoms with Crippen LogP contribution in [0.2, 0.25) is 0 Å². The Kier molecular flexibility index (Phi) is 23.3. The Morgan fingerprint density at radius 2 is 0.980 bits per heavy atom. The fourth-order valence-corrected chi connectivity index (χ4v) is 13.7. The average molecular weight is 1380 g/mol. The van der Waals surface area contributed by atoms with Crippen LogP contribution in [0.3, 0.4) is 0 Å². The highest BCUT2D eigenvalue weighted by atomic mass is 19.1. The lowest BCUT2D eigenvalue weighted by Crippen LogP contribution is -2.45. The Bertz CT molecular complexity index is 4210. The predicted molar refractivity (Wildman–Crippen MR) is 392 cm³/mol. The molecule has 3 amide bonds. The number of nitrogens with one attached hydrogen (secondary N) is 3. The summed E-state index contributed by atoms with van der Waals surface area (Å²) in [7, 11) is 1.59. The average Bonchev–Trinajstić information content (AvgIpc) is 1.75. The molecule has 16 nitrogen and oxygen atoms in total. The van der Waals surface area contributed by atoms with Gasteiger partial charge in [-0.3, -0.25) is 24.9 Å². The van der Waals surface area contributed by atoms with Crippen molar-refractivity contribution in [1.82, 2.24) is 15.3 Å². The summed E-state index contributed by atoms with van der Waals surface area (Å²) in [6, 6.07) is 33.8. The molecule has 0 bridgehead atoms. The molecule has 101 heavy (non-hydrogen) atoms. The van der Waals surface area contributed by atoms with E-state index in [-0.39, 0.29) is 78.7 Å². The monoisotopic (exact) mass is 1380 g/mol. The Morgan fingerprint density at radius 3 is 1.38 bits per heavy atom. The van der Waals surface area contributed by atoms with Crippen LogP contribution in [0, 0.1) is 11.6 Å². The predicted octanol–water partition coefficient (Wildman–Crippen LogP) is 19.0. The third-order valence-corrected chi connectivity index (χ3v) is 17.6. The number of fused-ring (bicyclic) bond motifs is 6. The second kappa shape index (κ2) is 31.5. The number of nitrogens with zero attached hydrogens (tertiary/aromatic N) is 2. The first-order valence-electron chi connectivity index (χ1n) is 35.2. The maximum absolute atomic E-state index is 14.3. The summed E-state index contributed by atoms with van der Waals surface area (Å²) in [5, 5.41) is 8.36.